The van der Waals surface area contributed by atoms with E-state index >= 15 is 0 Å². The third kappa shape index (κ3) is 1.78. The number of rotatable bonds is 3. The molecule has 1 aliphatic carbocycles. The predicted molar refractivity (Wildman–Crippen MR) is 44.9 cm³/mol. The van der Waals surface area contributed by atoms with Gasteiger partial charge in [-0.05, 0) is 18.8 Å². The standard InChI is InChI=1S/C9H14O3/c1-6(10)8(9(11)12)7-4-2-3-5-7/h7-8,10H,1-5H2,(H,11,12). The van der Waals surface area contributed by atoms with Crippen LogP contribution >= 0.6 is 0 Å². The summed E-state index contributed by atoms with van der Waals surface area (Å²) in [7, 11) is 0. The van der Waals surface area contributed by atoms with Crippen molar-refractivity contribution in [3.8, 4) is 0 Å². The van der Waals surface area contributed by atoms with E-state index in [0.29, 0.717) is 0 Å². The van der Waals surface area contributed by atoms with Crippen molar-refractivity contribution in [1.82, 2.24) is 0 Å². The molecule has 1 atom stereocenters. The van der Waals surface area contributed by atoms with Gasteiger partial charge < -0.3 is 10.2 Å². The van der Waals surface area contributed by atoms with Crippen molar-refractivity contribution in [3.63, 3.8) is 0 Å². The average Bonchev–Trinajstić information content (AvgIpc) is 2.37. The second-order valence-corrected chi connectivity index (χ2v) is 3.35. The van der Waals surface area contributed by atoms with E-state index in [1.54, 1.807) is 0 Å². The highest BCUT2D eigenvalue weighted by Gasteiger charge is 2.32. The molecule has 0 aliphatic heterocycles. The maximum absolute atomic E-state index is 10.7. The second-order valence-electron chi connectivity index (χ2n) is 3.35. The Bertz CT molecular complexity index is 178. The van der Waals surface area contributed by atoms with Crippen LogP contribution in [0.15, 0.2) is 12.3 Å². The minimum atomic E-state index is -0.950. The van der Waals surface area contributed by atoms with E-state index in [9.17, 15) is 4.79 Å². The van der Waals surface area contributed by atoms with Crippen molar-refractivity contribution >= 4 is 5.97 Å². The van der Waals surface area contributed by atoms with Crippen molar-refractivity contribution < 1.29 is 15.0 Å². The summed E-state index contributed by atoms with van der Waals surface area (Å²) in [4.78, 5) is 10.7. The highest BCUT2D eigenvalue weighted by atomic mass is 16.4. The first kappa shape index (κ1) is 9.10. The van der Waals surface area contributed by atoms with Crippen LogP contribution in [-0.2, 0) is 4.79 Å². The maximum Gasteiger partial charge on any atom is 0.314 e. The lowest BCUT2D eigenvalue weighted by molar-refractivity contribution is -0.143. The summed E-state index contributed by atoms with van der Waals surface area (Å²) in [6, 6.07) is 0. The van der Waals surface area contributed by atoms with Gasteiger partial charge in [0.2, 0.25) is 0 Å². The third-order valence-corrected chi connectivity index (χ3v) is 2.50. The molecule has 0 aromatic rings. The van der Waals surface area contributed by atoms with Crippen molar-refractivity contribution in [1.29, 1.82) is 0 Å². The summed E-state index contributed by atoms with van der Waals surface area (Å²) in [5, 5.41) is 17.9. The first-order valence-electron chi connectivity index (χ1n) is 4.23. The number of carboxylic acids is 1. The Morgan fingerprint density at radius 3 is 2.17 bits per heavy atom. The topological polar surface area (TPSA) is 57.5 Å². The number of carboxylic acid groups (broad SMARTS) is 1. The molecular formula is C9H14O3. The Balaban J connectivity index is 2.64. The molecule has 2 N–H and O–H groups in total. The molecule has 0 aromatic heterocycles. The van der Waals surface area contributed by atoms with Crippen LogP contribution in [0.3, 0.4) is 0 Å². The SMILES string of the molecule is C=C(O)C(C(=O)O)C1CCCC1. The molecule has 1 saturated carbocycles. The molecule has 0 bridgehead atoms. The quantitative estimate of drug-likeness (QED) is 0.636. The van der Waals surface area contributed by atoms with Crippen LogP contribution in [0.4, 0.5) is 0 Å². The molecular weight excluding hydrogens is 156 g/mol. The number of hydrogen-bond acceptors (Lipinski definition) is 2. The molecule has 12 heavy (non-hydrogen) atoms. The van der Waals surface area contributed by atoms with Crippen LogP contribution in [-0.4, -0.2) is 16.2 Å². The minimum absolute atomic E-state index is 0.0972. The monoisotopic (exact) mass is 170 g/mol. The lowest BCUT2D eigenvalue weighted by Crippen LogP contribution is -2.23. The number of aliphatic carboxylic acids is 1. The van der Waals surface area contributed by atoms with E-state index in [2.05, 4.69) is 6.58 Å². The summed E-state index contributed by atoms with van der Waals surface area (Å²) in [6.45, 7) is 3.30. The van der Waals surface area contributed by atoms with Crippen molar-refractivity contribution in [2.75, 3.05) is 0 Å². The van der Waals surface area contributed by atoms with Gasteiger partial charge in [0.05, 0.1) is 5.76 Å². The van der Waals surface area contributed by atoms with Gasteiger partial charge in [-0.3, -0.25) is 4.79 Å². The molecule has 1 unspecified atom stereocenters. The Labute approximate surface area is 71.7 Å². The highest BCUT2D eigenvalue weighted by Crippen LogP contribution is 2.33. The number of aliphatic hydroxyl groups is 1. The molecule has 3 nitrogen and oxygen atoms in total. The van der Waals surface area contributed by atoms with Crippen LogP contribution in [0.2, 0.25) is 0 Å². The molecule has 1 rings (SSSR count). The molecule has 68 valence electrons. The predicted octanol–water partition coefficient (Wildman–Crippen LogP) is 1.95. The van der Waals surface area contributed by atoms with Crippen molar-refractivity contribution in [3.05, 3.63) is 12.3 Å². The molecule has 0 amide bonds. The molecule has 0 heterocycles. The lowest BCUT2D eigenvalue weighted by Gasteiger charge is -2.17. The number of hydrogen-bond donors (Lipinski definition) is 2. The average molecular weight is 170 g/mol. The summed E-state index contributed by atoms with van der Waals surface area (Å²) < 4.78 is 0. The van der Waals surface area contributed by atoms with Gasteiger partial charge in [-0.25, -0.2) is 0 Å². The molecule has 1 fully saturated rings. The van der Waals surface area contributed by atoms with Gasteiger partial charge in [-0.1, -0.05) is 19.4 Å². The zero-order valence-electron chi connectivity index (χ0n) is 6.99. The van der Waals surface area contributed by atoms with Crippen LogP contribution in [0.1, 0.15) is 25.7 Å². The van der Waals surface area contributed by atoms with Gasteiger partial charge in [0.1, 0.15) is 5.92 Å². The van der Waals surface area contributed by atoms with E-state index in [1.807, 2.05) is 0 Å². The van der Waals surface area contributed by atoms with E-state index in [1.165, 1.54) is 0 Å². The molecule has 1 aliphatic rings. The fourth-order valence-corrected chi connectivity index (χ4v) is 1.91. The zero-order valence-corrected chi connectivity index (χ0v) is 6.99. The van der Waals surface area contributed by atoms with E-state index < -0.39 is 11.9 Å². The Hall–Kier alpha value is -0.990. The van der Waals surface area contributed by atoms with Gasteiger partial charge in [0.25, 0.3) is 0 Å². The Morgan fingerprint density at radius 1 is 1.33 bits per heavy atom. The zero-order chi connectivity index (χ0) is 9.14. The first-order chi connectivity index (χ1) is 5.63. The van der Waals surface area contributed by atoms with Crippen LogP contribution in [0.25, 0.3) is 0 Å². The summed E-state index contributed by atoms with van der Waals surface area (Å²) in [6.07, 6.45) is 3.94. The van der Waals surface area contributed by atoms with Gasteiger partial charge in [-0.2, -0.15) is 0 Å². The fraction of sp³-hybridized carbons (Fsp3) is 0.667. The van der Waals surface area contributed by atoms with Crippen LogP contribution in [0.5, 0.6) is 0 Å². The summed E-state index contributed by atoms with van der Waals surface area (Å²) >= 11 is 0. The maximum atomic E-state index is 10.7. The van der Waals surface area contributed by atoms with Gasteiger partial charge >= 0.3 is 5.97 Å². The molecule has 0 saturated heterocycles. The van der Waals surface area contributed by atoms with E-state index in [4.69, 9.17) is 10.2 Å². The molecule has 0 aromatic carbocycles. The minimum Gasteiger partial charge on any atom is -0.512 e. The Kier molecular flexibility index (Phi) is 2.74. The largest absolute Gasteiger partial charge is 0.512 e. The van der Waals surface area contributed by atoms with Crippen molar-refractivity contribution in [2.45, 2.75) is 25.7 Å². The smallest absolute Gasteiger partial charge is 0.314 e. The summed E-state index contributed by atoms with van der Waals surface area (Å²) in [5.74, 6) is -1.80. The molecule has 0 radical (unpaired) electrons. The van der Waals surface area contributed by atoms with E-state index in [0.717, 1.165) is 25.7 Å². The van der Waals surface area contributed by atoms with Gasteiger partial charge in [0, 0.05) is 0 Å². The highest BCUT2D eigenvalue weighted by molar-refractivity contribution is 5.73. The van der Waals surface area contributed by atoms with Gasteiger partial charge in [0.15, 0.2) is 0 Å². The summed E-state index contributed by atoms with van der Waals surface area (Å²) in [5.41, 5.74) is 0. The fourth-order valence-electron chi connectivity index (χ4n) is 1.91. The van der Waals surface area contributed by atoms with Crippen LogP contribution in [0, 0.1) is 11.8 Å². The van der Waals surface area contributed by atoms with E-state index in [-0.39, 0.29) is 11.7 Å². The molecule has 0 spiro atoms. The first-order valence-corrected chi connectivity index (χ1v) is 4.23. The lowest BCUT2D eigenvalue weighted by atomic mass is 9.90. The second kappa shape index (κ2) is 3.61. The molecule has 3 heteroatoms. The van der Waals surface area contributed by atoms with Crippen LogP contribution < -0.4 is 0 Å². The number of aliphatic hydroxyl groups excluding tert-OH is 1. The van der Waals surface area contributed by atoms with Gasteiger partial charge in [-0.15, -0.1) is 0 Å². The Morgan fingerprint density at radius 2 is 1.83 bits per heavy atom. The third-order valence-electron chi connectivity index (χ3n) is 2.50. The number of carbonyl (C=O) groups is 1. The van der Waals surface area contributed by atoms with Crippen molar-refractivity contribution in [2.24, 2.45) is 11.8 Å². The normalized spacial score (nSPS) is 20.7.